The van der Waals surface area contributed by atoms with Crippen LogP contribution in [0.2, 0.25) is 0 Å². The number of aromatic nitrogens is 2. The summed E-state index contributed by atoms with van der Waals surface area (Å²) in [6.45, 7) is 0.846. The van der Waals surface area contributed by atoms with Crippen LogP contribution in [-0.2, 0) is 11.8 Å². The molecular weight excluding hydrogens is 342 g/mol. The number of benzene rings is 2. The summed E-state index contributed by atoms with van der Waals surface area (Å²) in [5.41, 5.74) is 2.78. The lowest BCUT2D eigenvalue weighted by Crippen LogP contribution is -2.52. The number of nitriles is 1. The number of nitro benzene ring substituents is 1. The number of rotatable bonds is 2. The quantitative estimate of drug-likeness (QED) is 0.558. The first kappa shape index (κ1) is 15.8. The minimum atomic E-state index is -0.849. The highest BCUT2D eigenvalue weighted by atomic mass is 16.6. The van der Waals surface area contributed by atoms with Crippen molar-refractivity contribution >= 4 is 22.4 Å². The Morgan fingerprint density at radius 2 is 2.19 bits per heavy atom. The average molecular weight is 359 g/mol. The molecule has 2 aromatic carbocycles. The highest BCUT2D eigenvalue weighted by Gasteiger charge is 2.52. The Morgan fingerprint density at radius 1 is 1.33 bits per heavy atom. The zero-order chi connectivity index (χ0) is 18.6. The molecule has 0 unspecified atom stereocenters. The van der Waals surface area contributed by atoms with Gasteiger partial charge in [0.2, 0.25) is 0 Å². The van der Waals surface area contributed by atoms with Crippen LogP contribution in [0, 0.1) is 21.4 Å². The van der Waals surface area contributed by atoms with Gasteiger partial charge in [-0.1, -0.05) is 12.1 Å². The molecule has 0 spiro atoms. The Bertz CT molecular complexity index is 1080. The fourth-order valence-corrected chi connectivity index (χ4v) is 4.67. The first-order valence-corrected chi connectivity index (χ1v) is 9.03. The highest BCUT2D eigenvalue weighted by molar-refractivity contribution is 5.76. The number of fused-ring (bicyclic) bond motifs is 4. The number of nitrogens with zero attached hydrogens (tertiary/aromatic N) is 4. The van der Waals surface area contributed by atoms with Crippen LogP contribution in [-0.4, -0.2) is 27.5 Å². The molecule has 5 rings (SSSR count). The monoisotopic (exact) mass is 359 g/mol. The van der Waals surface area contributed by atoms with E-state index >= 15 is 0 Å². The smallest absolute Gasteiger partial charge is 0.269 e. The highest BCUT2D eigenvalue weighted by Crippen LogP contribution is 2.47. The van der Waals surface area contributed by atoms with Gasteiger partial charge in [0, 0.05) is 30.8 Å². The number of hydrogen-bond acceptors (Lipinski definition) is 5. The Labute approximate surface area is 155 Å². The maximum Gasteiger partial charge on any atom is 0.269 e. The van der Waals surface area contributed by atoms with Crippen LogP contribution in [0.15, 0.2) is 42.5 Å². The predicted molar refractivity (Wildman–Crippen MR) is 101 cm³/mol. The number of hydrogen-bond donors (Lipinski definition) is 1. The van der Waals surface area contributed by atoms with Gasteiger partial charge in [0.15, 0.2) is 0 Å². The minimum absolute atomic E-state index is 0.0111. The first-order valence-electron chi connectivity index (χ1n) is 9.03. The summed E-state index contributed by atoms with van der Waals surface area (Å²) in [5.74, 6) is 0.653. The summed E-state index contributed by atoms with van der Waals surface area (Å²) in [4.78, 5) is 21.2. The van der Waals surface area contributed by atoms with Gasteiger partial charge >= 0.3 is 0 Å². The molecule has 7 nitrogen and oxygen atoms in total. The maximum atomic E-state index is 11.2. The van der Waals surface area contributed by atoms with Crippen molar-refractivity contribution in [3.05, 3.63) is 64.0 Å². The van der Waals surface area contributed by atoms with Crippen LogP contribution in [0.25, 0.3) is 11.0 Å². The maximum absolute atomic E-state index is 11.2. The second-order valence-corrected chi connectivity index (χ2v) is 7.28. The molecule has 134 valence electrons. The Morgan fingerprint density at radius 3 is 2.96 bits per heavy atom. The van der Waals surface area contributed by atoms with Crippen molar-refractivity contribution in [2.45, 2.75) is 30.7 Å². The molecule has 2 aliphatic rings. The van der Waals surface area contributed by atoms with Crippen LogP contribution < -0.4 is 4.90 Å². The summed E-state index contributed by atoms with van der Waals surface area (Å²) in [6, 6.07) is 15.3. The molecule has 1 saturated heterocycles. The van der Waals surface area contributed by atoms with Gasteiger partial charge in [-0.15, -0.1) is 0 Å². The number of aromatic amines is 1. The van der Waals surface area contributed by atoms with Crippen molar-refractivity contribution in [2.75, 3.05) is 11.4 Å². The van der Waals surface area contributed by atoms with Crippen molar-refractivity contribution in [3.63, 3.8) is 0 Å². The number of nitro groups is 1. The second kappa shape index (κ2) is 5.55. The van der Waals surface area contributed by atoms with E-state index in [1.165, 1.54) is 0 Å². The lowest BCUT2D eigenvalue weighted by atomic mass is 9.71. The molecule has 27 heavy (non-hydrogen) atoms. The van der Waals surface area contributed by atoms with Gasteiger partial charge < -0.3 is 9.88 Å². The standard InChI is InChI=1S/C20H17N5O2/c21-12-20(19-22-15-4-1-2-5-16(15)23-19)11-13-10-14(25(26)27)7-8-17(13)24-9-3-6-18(20)24/h1-2,4-5,7-8,10,18H,3,6,9,11H2,(H,22,23)/t18-,20+/m0/s1. The average Bonchev–Trinajstić information content (AvgIpc) is 3.34. The molecule has 0 amide bonds. The van der Waals surface area contributed by atoms with Gasteiger partial charge in [-0.3, -0.25) is 10.1 Å². The number of para-hydroxylation sites is 2. The first-order chi connectivity index (χ1) is 13.1. The van der Waals surface area contributed by atoms with E-state index in [4.69, 9.17) is 4.98 Å². The normalized spacial score (nSPS) is 23.7. The molecule has 3 aromatic rings. The molecule has 0 bridgehead atoms. The number of nitrogens with one attached hydrogen (secondary N) is 1. The zero-order valence-electron chi connectivity index (χ0n) is 14.6. The number of H-pyrrole nitrogens is 1. The van der Waals surface area contributed by atoms with Crippen LogP contribution in [0.5, 0.6) is 0 Å². The van der Waals surface area contributed by atoms with Crippen LogP contribution >= 0.6 is 0 Å². The van der Waals surface area contributed by atoms with Crippen molar-refractivity contribution in [1.82, 2.24) is 9.97 Å². The van der Waals surface area contributed by atoms with Gasteiger partial charge in [-0.05, 0) is 36.6 Å². The molecule has 7 heteroatoms. The summed E-state index contributed by atoms with van der Waals surface area (Å²) >= 11 is 0. The Balaban J connectivity index is 1.71. The summed E-state index contributed by atoms with van der Waals surface area (Å²) in [5, 5.41) is 21.5. The summed E-state index contributed by atoms with van der Waals surface area (Å²) < 4.78 is 0. The van der Waals surface area contributed by atoms with E-state index in [0.29, 0.717) is 12.2 Å². The Kier molecular flexibility index (Phi) is 3.25. The molecule has 0 radical (unpaired) electrons. The van der Waals surface area contributed by atoms with Gasteiger partial charge in [0.25, 0.3) is 5.69 Å². The molecule has 0 saturated carbocycles. The van der Waals surface area contributed by atoms with Crippen LogP contribution in [0.4, 0.5) is 11.4 Å². The lowest BCUT2D eigenvalue weighted by Gasteiger charge is -2.43. The topological polar surface area (TPSA) is 98.8 Å². The van der Waals surface area contributed by atoms with Crippen molar-refractivity contribution in [2.24, 2.45) is 0 Å². The van der Waals surface area contributed by atoms with Gasteiger partial charge in [0.05, 0.1) is 28.1 Å². The van der Waals surface area contributed by atoms with E-state index in [2.05, 4.69) is 16.0 Å². The second-order valence-electron chi connectivity index (χ2n) is 7.28. The number of anilines is 1. The third-order valence-electron chi connectivity index (χ3n) is 5.89. The third-order valence-corrected chi connectivity index (χ3v) is 5.89. The molecule has 1 aromatic heterocycles. The van der Waals surface area contributed by atoms with E-state index < -0.39 is 5.41 Å². The van der Waals surface area contributed by atoms with E-state index in [0.717, 1.165) is 41.7 Å². The van der Waals surface area contributed by atoms with Gasteiger partial charge in [-0.2, -0.15) is 5.26 Å². The van der Waals surface area contributed by atoms with Gasteiger partial charge in [-0.25, -0.2) is 4.98 Å². The van der Waals surface area contributed by atoms with E-state index in [-0.39, 0.29) is 16.7 Å². The fraction of sp³-hybridized carbons (Fsp3) is 0.300. The fourth-order valence-electron chi connectivity index (χ4n) is 4.67. The van der Waals surface area contributed by atoms with Crippen LogP contribution in [0.3, 0.4) is 0 Å². The van der Waals surface area contributed by atoms with Crippen molar-refractivity contribution < 1.29 is 4.92 Å². The van der Waals surface area contributed by atoms with Crippen molar-refractivity contribution in [3.8, 4) is 6.07 Å². The van der Waals surface area contributed by atoms with Gasteiger partial charge in [0.1, 0.15) is 11.2 Å². The molecule has 2 aliphatic heterocycles. The zero-order valence-corrected chi connectivity index (χ0v) is 14.6. The molecule has 1 N–H and O–H groups in total. The van der Waals surface area contributed by atoms with Crippen LogP contribution in [0.1, 0.15) is 24.2 Å². The SMILES string of the molecule is N#C[C@]1(c2nc3ccccc3[nH]2)Cc2cc([N+](=O)[O-])ccc2N2CCC[C@H]21. The third kappa shape index (κ3) is 2.16. The molecule has 3 heterocycles. The molecular formula is C20H17N5O2. The predicted octanol–water partition coefficient (Wildman–Crippen LogP) is 3.46. The number of non-ortho nitro benzene ring substituents is 1. The lowest BCUT2D eigenvalue weighted by molar-refractivity contribution is -0.384. The Hall–Kier alpha value is -3.40. The van der Waals surface area contributed by atoms with E-state index in [1.807, 2.05) is 30.3 Å². The minimum Gasteiger partial charge on any atom is -0.366 e. The summed E-state index contributed by atoms with van der Waals surface area (Å²) in [6.07, 6.45) is 2.31. The van der Waals surface area contributed by atoms with Crippen molar-refractivity contribution in [1.29, 1.82) is 5.26 Å². The molecule has 2 atom stereocenters. The number of imidazole rings is 1. The van der Waals surface area contributed by atoms with E-state index in [9.17, 15) is 15.4 Å². The van der Waals surface area contributed by atoms with E-state index in [1.54, 1.807) is 12.1 Å². The molecule has 1 fully saturated rings. The largest absolute Gasteiger partial charge is 0.366 e. The summed E-state index contributed by atoms with van der Waals surface area (Å²) in [7, 11) is 0. The molecule has 0 aliphatic carbocycles.